The van der Waals surface area contributed by atoms with Gasteiger partial charge in [0.05, 0.1) is 12.0 Å². The van der Waals surface area contributed by atoms with Gasteiger partial charge >= 0.3 is 5.97 Å². The van der Waals surface area contributed by atoms with Crippen LogP contribution in [0.3, 0.4) is 0 Å². The van der Waals surface area contributed by atoms with Crippen LogP contribution in [0.1, 0.15) is 41.0 Å². The Bertz CT molecular complexity index is 180. The van der Waals surface area contributed by atoms with Crippen LogP contribution in [0.5, 0.6) is 0 Å². The molecular formula is C10H21NO2. The Labute approximate surface area is 80.6 Å². The molecule has 0 aliphatic carbocycles. The third-order valence-electron chi connectivity index (χ3n) is 1.73. The molecule has 13 heavy (non-hydrogen) atoms. The van der Waals surface area contributed by atoms with Crippen LogP contribution in [0.4, 0.5) is 0 Å². The molecule has 0 radical (unpaired) electrons. The third kappa shape index (κ3) is 4.88. The van der Waals surface area contributed by atoms with Crippen molar-refractivity contribution < 1.29 is 9.53 Å². The molecule has 0 aromatic rings. The zero-order chi connectivity index (χ0) is 10.7. The van der Waals surface area contributed by atoms with Crippen molar-refractivity contribution in [2.24, 2.45) is 11.1 Å². The summed E-state index contributed by atoms with van der Waals surface area (Å²) in [5.41, 5.74) is 5.02. The summed E-state index contributed by atoms with van der Waals surface area (Å²) in [5, 5.41) is 0. The molecule has 0 amide bonds. The van der Waals surface area contributed by atoms with E-state index in [-0.39, 0.29) is 11.5 Å². The molecule has 0 bridgehead atoms. The maximum absolute atomic E-state index is 11.5. The Kier molecular flexibility index (Phi) is 3.91. The van der Waals surface area contributed by atoms with Gasteiger partial charge in [-0.25, -0.2) is 0 Å². The Balaban J connectivity index is 4.30. The van der Waals surface area contributed by atoms with Crippen molar-refractivity contribution in [3.63, 3.8) is 0 Å². The molecule has 2 N–H and O–H groups in total. The van der Waals surface area contributed by atoms with Crippen LogP contribution in [0, 0.1) is 5.41 Å². The number of carbonyl (C=O) groups is 1. The van der Waals surface area contributed by atoms with E-state index >= 15 is 0 Å². The second kappa shape index (κ2) is 4.09. The Morgan fingerprint density at radius 2 is 1.77 bits per heavy atom. The number of hydrogen-bond donors (Lipinski definition) is 1. The molecule has 78 valence electrons. The van der Waals surface area contributed by atoms with Crippen LogP contribution in [0.15, 0.2) is 0 Å². The first-order valence-electron chi connectivity index (χ1n) is 4.65. The molecule has 0 saturated carbocycles. The summed E-state index contributed by atoms with van der Waals surface area (Å²) in [5.74, 6) is -0.173. The molecule has 0 aliphatic heterocycles. The fraction of sp³-hybridized carbons (Fsp3) is 0.900. The summed E-state index contributed by atoms with van der Waals surface area (Å²) in [6.07, 6.45) is 0.624. The van der Waals surface area contributed by atoms with Crippen LogP contribution >= 0.6 is 0 Å². The zero-order valence-electron chi connectivity index (χ0n) is 9.31. The van der Waals surface area contributed by atoms with E-state index in [0.29, 0.717) is 13.0 Å². The highest BCUT2D eigenvalue weighted by molar-refractivity contribution is 5.76. The topological polar surface area (TPSA) is 52.3 Å². The first-order chi connectivity index (χ1) is 5.69. The quantitative estimate of drug-likeness (QED) is 0.681. The first-order valence-corrected chi connectivity index (χ1v) is 4.65. The lowest BCUT2D eigenvalue weighted by Crippen LogP contribution is -2.41. The molecule has 0 unspecified atom stereocenters. The van der Waals surface area contributed by atoms with Crippen molar-refractivity contribution in [2.45, 2.75) is 46.6 Å². The van der Waals surface area contributed by atoms with Crippen LogP contribution in [0.2, 0.25) is 0 Å². The number of esters is 1. The second-order valence-corrected chi connectivity index (χ2v) is 4.77. The zero-order valence-corrected chi connectivity index (χ0v) is 9.31. The fourth-order valence-electron chi connectivity index (χ4n) is 1.54. The molecule has 0 heterocycles. The van der Waals surface area contributed by atoms with Gasteiger partial charge in [-0.3, -0.25) is 4.79 Å². The molecule has 0 saturated heterocycles. The van der Waals surface area contributed by atoms with Crippen molar-refractivity contribution in [3.8, 4) is 0 Å². The van der Waals surface area contributed by atoms with E-state index in [2.05, 4.69) is 0 Å². The maximum Gasteiger partial charge on any atom is 0.311 e. The minimum absolute atomic E-state index is 0.173. The van der Waals surface area contributed by atoms with Crippen molar-refractivity contribution in [1.29, 1.82) is 0 Å². The minimum atomic E-state index is -0.492. The van der Waals surface area contributed by atoms with Crippen molar-refractivity contribution >= 4 is 5.97 Å². The Hall–Kier alpha value is -0.570. The van der Waals surface area contributed by atoms with Gasteiger partial charge in [0, 0.05) is 5.54 Å². The van der Waals surface area contributed by atoms with Gasteiger partial charge in [-0.05, 0) is 41.0 Å². The van der Waals surface area contributed by atoms with E-state index in [1.54, 1.807) is 0 Å². The molecular weight excluding hydrogens is 166 g/mol. The van der Waals surface area contributed by atoms with Crippen LogP contribution in [-0.4, -0.2) is 18.1 Å². The van der Waals surface area contributed by atoms with Crippen molar-refractivity contribution in [1.82, 2.24) is 0 Å². The number of carbonyl (C=O) groups excluding carboxylic acids is 1. The summed E-state index contributed by atoms with van der Waals surface area (Å²) < 4.78 is 4.96. The average Bonchev–Trinajstić information content (AvgIpc) is 1.82. The normalized spacial score (nSPS) is 12.8. The largest absolute Gasteiger partial charge is 0.466 e. The van der Waals surface area contributed by atoms with E-state index in [4.69, 9.17) is 10.5 Å². The highest BCUT2D eigenvalue weighted by atomic mass is 16.5. The molecule has 0 fully saturated rings. The van der Waals surface area contributed by atoms with Gasteiger partial charge in [-0.1, -0.05) is 0 Å². The number of ether oxygens (including phenoxy) is 1. The standard InChI is InChI=1S/C10H21NO2/c1-6-13-8(12)9(2,3)7-10(4,5)11/h6-7,11H2,1-5H3. The predicted molar refractivity (Wildman–Crippen MR) is 53.3 cm³/mol. The fourth-order valence-corrected chi connectivity index (χ4v) is 1.54. The van der Waals surface area contributed by atoms with Gasteiger partial charge in [0.2, 0.25) is 0 Å². The lowest BCUT2D eigenvalue weighted by atomic mass is 9.80. The number of hydrogen-bond acceptors (Lipinski definition) is 3. The average molecular weight is 187 g/mol. The van der Waals surface area contributed by atoms with E-state index in [9.17, 15) is 4.79 Å². The van der Waals surface area contributed by atoms with Gasteiger partial charge in [-0.15, -0.1) is 0 Å². The van der Waals surface area contributed by atoms with E-state index in [1.165, 1.54) is 0 Å². The maximum atomic E-state index is 11.5. The Morgan fingerprint density at radius 1 is 1.31 bits per heavy atom. The van der Waals surface area contributed by atoms with Crippen molar-refractivity contribution in [2.75, 3.05) is 6.61 Å². The molecule has 3 nitrogen and oxygen atoms in total. The lowest BCUT2D eigenvalue weighted by Gasteiger charge is -2.30. The summed E-state index contributed by atoms with van der Waals surface area (Å²) in [4.78, 5) is 11.5. The van der Waals surface area contributed by atoms with Gasteiger partial charge in [0.1, 0.15) is 0 Å². The number of nitrogens with two attached hydrogens (primary N) is 1. The third-order valence-corrected chi connectivity index (χ3v) is 1.73. The van der Waals surface area contributed by atoms with Gasteiger partial charge in [0.15, 0.2) is 0 Å². The smallest absolute Gasteiger partial charge is 0.311 e. The van der Waals surface area contributed by atoms with E-state index < -0.39 is 5.41 Å². The summed E-state index contributed by atoms with van der Waals surface area (Å²) in [6.45, 7) is 9.77. The second-order valence-electron chi connectivity index (χ2n) is 4.77. The molecule has 0 rings (SSSR count). The van der Waals surface area contributed by atoms with Crippen molar-refractivity contribution in [3.05, 3.63) is 0 Å². The lowest BCUT2D eigenvalue weighted by molar-refractivity contribution is -0.154. The Morgan fingerprint density at radius 3 is 2.08 bits per heavy atom. The van der Waals surface area contributed by atoms with Gasteiger partial charge < -0.3 is 10.5 Å². The molecule has 0 spiro atoms. The highest BCUT2D eigenvalue weighted by Gasteiger charge is 2.33. The van der Waals surface area contributed by atoms with E-state index in [1.807, 2.05) is 34.6 Å². The summed E-state index contributed by atoms with van der Waals surface area (Å²) in [6, 6.07) is 0. The van der Waals surface area contributed by atoms with Gasteiger partial charge in [-0.2, -0.15) is 0 Å². The van der Waals surface area contributed by atoms with Crippen LogP contribution in [-0.2, 0) is 9.53 Å². The summed E-state index contributed by atoms with van der Waals surface area (Å²) >= 11 is 0. The predicted octanol–water partition coefficient (Wildman–Crippen LogP) is 1.70. The molecule has 0 aromatic carbocycles. The molecule has 0 atom stereocenters. The highest BCUT2D eigenvalue weighted by Crippen LogP contribution is 2.27. The monoisotopic (exact) mass is 187 g/mol. The SMILES string of the molecule is CCOC(=O)C(C)(C)CC(C)(C)N. The molecule has 0 aromatic heterocycles. The van der Waals surface area contributed by atoms with Gasteiger partial charge in [0.25, 0.3) is 0 Å². The molecule has 0 aliphatic rings. The van der Waals surface area contributed by atoms with Crippen LogP contribution in [0.25, 0.3) is 0 Å². The first kappa shape index (κ1) is 12.4. The minimum Gasteiger partial charge on any atom is -0.466 e. The summed E-state index contributed by atoms with van der Waals surface area (Å²) in [7, 11) is 0. The van der Waals surface area contributed by atoms with Crippen LogP contribution < -0.4 is 5.73 Å². The number of rotatable bonds is 4. The van der Waals surface area contributed by atoms with E-state index in [0.717, 1.165) is 0 Å². The molecule has 3 heteroatoms.